The van der Waals surface area contributed by atoms with Crippen LogP contribution in [0.4, 0.5) is 0 Å². The molecule has 4 nitrogen and oxygen atoms in total. The van der Waals surface area contributed by atoms with Gasteiger partial charge in [-0.25, -0.2) is 0 Å². The molecule has 0 unspecified atom stereocenters. The third kappa shape index (κ3) is 3.94. The first-order valence-corrected chi connectivity index (χ1v) is 9.27. The summed E-state index contributed by atoms with van der Waals surface area (Å²) in [6.45, 7) is 8.26. The lowest BCUT2D eigenvalue weighted by Crippen LogP contribution is -2.37. The molecule has 1 fully saturated rings. The van der Waals surface area contributed by atoms with E-state index in [4.69, 9.17) is 0 Å². The Labute approximate surface area is 150 Å². The minimum Gasteiger partial charge on any atom is -0.349 e. The van der Waals surface area contributed by atoms with Crippen LogP contribution in [-0.2, 0) is 5.54 Å². The lowest BCUT2D eigenvalue weighted by molar-refractivity contribution is 0.0925. The molecule has 2 aromatic rings. The van der Waals surface area contributed by atoms with Gasteiger partial charge in [-0.05, 0) is 64.9 Å². The van der Waals surface area contributed by atoms with Crippen LogP contribution in [0.2, 0.25) is 0 Å². The number of hydrogen-bond acceptors (Lipinski definition) is 2. The van der Waals surface area contributed by atoms with Crippen LogP contribution in [0.3, 0.4) is 0 Å². The Hall–Kier alpha value is -2.10. The minimum absolute atomic E-state index is 0.0103. The molecule has 0 saturated heterocycles. The number of benzene rings is 1. The number of nitrogens with one attached hydrogen (secondary N) is 1. The predicted octanol–water partition coefficient (Wildman–Crippen LogP) is 4.40. The fraction of sp³-hybridized carbons (Fsp3) is 0.524. The maximum absolute atomic E-state index is 12.7. The number of rotatable bonds is 3. The van der Waals surface area contributed by atoms with Gasteiger partial charge in [-0.3, -0.25) is 9.48 Å². The third-order valence-corrected chi connectivity index (χ3v) is 5.22. The summed E-state index contributed by atoms with van der Waals surface area (Å²) in [6.07, 6.45) is 6.05. The summed E-state index contributed by atoms with van der Waals surface area (Å²) in [4.78, 5) is 12.7. The fourth-order valence-electron chi connectivity index (χ4n) is 3.87. The summed E-state index contributed by atoms with van der Waals surface area (Å²) >= 11 is 0. The molecule has 0 spiro atoms. The number of amides is 1. The van der Waals surface area contributed by atoms with E-state index in [1.807, 2.05) is 11.6 Å². The van der Waals surface area contributed by atoms with E-state index in [0.29, 0.717) is 11.5 Å². The Kier molecular flexibility index (Phi) is 4.98. The van der Waals surface area contributed by atoms with Gasteiger partial charge in [-0.2, -0.15) is 5.10 Å². The monoisotopic (exact) mass is 339 g/mol. The van der Waals surface area contributed by atoms with E-state index in [9.17, 15) is 4.79 Å². The summed E-state index contributed by atoms with van der Waals surface area (Å²) in [5.74, 6) is 0.635. The zero-order valence-corrected chi connectivity index (χ0v) is 15.7. The standard InChI is InChI=1S/C21H29N3O/c1-15-19(14-22-24(15)21(2,3)4)20(25)23-18-12-10-17(11-13-18)16-8-6-5-7-9-16/h5-9,14,17-18H,10-13H2,1-4H3,(H,23,25). The van der Waals surface area contributed by atoms with E-state index < -0.39 is 0 Å². The van der Waals surface area contributed by atoms with E-state index in [-0.39, 0.29) is 17.5 Å². The van der Waals surface area contributed by atoms with E-state index in [0.717, 1.165) is 31.4 Å². The van der Waals surface area contributed by atoms with Crippen molar-refractivity contribution in [2.24, 2.45) is 0 Å². The van der Waals surface area contributed by atoms with Gasteiger partial charge in [0.15, 0.2) is 0 Å². The van der Waals surface area contributed by atoms with Crippen molar-refractivity contribution in [1.29, 1.82) is 0 Å². The van der Waals surface area contributed by atoms with Gasteiger partial charge in [0.05, 0.1) is 17.3 Å². The van der Waals surface area contributed by atoms with Gasteiger partial charge in [-0.15, -0.1) is 0 Å². The highest BCUT2D eigenvalue weighted by Crippen LogP contribution is 2.32. The van der Waals surface area contributed by atoms with Gasteiger partial charge in [0, 0.05) is 11.7 Å². The summed E-state index contributed by atoms with van der Waals surface area (Å²) in [6, 6.07) is 11.0. The van der Waals surface area contributed by atoms with Gasteiger partial charge in [0.2, 0.25) is 0 Å². The topological polar surface area (TPSA) is 46.9 Å². The molecule has 1 amide bonds. The molecule has 1 aliphatic rings. The van der Waals surface area contributed by atoms with Gasteiger partial charge < -0.3 is 5.32 Å². The van der Waals surface area contributed by atoms with Crippen molar-refractivity contribution in [3.8, 4) is 0 Å². The quantitative estimate of drug-likeness (QED) is 0.901. The Bertz CT molecular complexity index is 719. The van der Waals surface area contributed by atoms with Gasteiger partial charge in [0.1, 0.15) is 0 Å². The lowest BCUT2D eigenvalue weighted by Gasteiger charge is -2.29. The van der Waals surface area contributed by atoms with Crippen molar-refractivity contribution in [3.63, 3.8) is 0 Å². The van der Waals surface area contributed by atoms with Crippen molar-refractivity contribution >= 4 is 5.91 Å². The second-order valence-corrected chi connectivity index (χ2v) is 8.16. The maximum Gasteiger partial charge on any atom is 0.254 e. The van der Waals surface area contributed by atoms with Crippen molar-refractivity contribution in [1.82, 2.24) is 15.1 Å². The fourth-order valence-corrected chi connectivity index (χ4v) is 3.87. The molecular weight excluding hydrogens is 310 g/mol. The van der Waals surface area contributed by atoms with Crippen LogP contribution in [0.5, 0.6) is 0 Å². The molecule has 0 aliphatic heterocycles. The molecule has 0 atom stereocenters. The Morgan fingerprint density at radius 2 is 1.76 bits per heavy atom. The Balaban J connectivity index is 1.59. The van der Waals surface area contributed by atoms with Crippen molar-refractivity contribution < 1.29 is 4.79 Å². The molecule has 1 aromatic carbocycles. The van der Waals surface area contributed by atoms with Crippen LogP contribution in [0.25, 0.3) is 0 Å². The highest BCUT2D eigenvalue weighted by Gasteiger charge is 2.26. The average molecular weight is 339 g/mol. The predicted molar refractivity (Wildman–Crippen MR) is 101 cm³/mol. The van der Waals surface area contributed by atoms with E-state index in [1.54, 1.807) is 6.20 Å². The van der Waals surface area contributed by atoms with Crippen molar-refractivity contribution in [2.75, 3.05) is 0 Å². The molecule has 3 rings (SSSR count). The molecule has 134 valence electrons. The van der Waals surface area contributed by atoms with Crippen LogP contribution >= 0.6 is 0 Å². The molecule has 1 N–H and O–H groups in total. The molecule has 1 aliphatic carbocycles. The second-order valence-electron chi connectivity index (χ2n) is 8.16. The SMILES string of the molecule is Cc1c(C(=O)NC2CCC(c3ccccc3)CC2)cnn1C(C)(C)C. The number of carbonyl (C=O) groups excluding carboxylic acids is 1. The number of nitrogens with zero attached hydrogens (tertiary/aromatic N) is 2. The van der Waals surface area contributed by atoms with Gasteiger partial charge >= 0.3 is 0 Å². The molecule has 1 aromatic heterocycles. The van der Waals surface area contributed by atoms with Crippen LogP contribution in [0.15, 0.2) is 36.5 Å². The molecule has 25 heavy (non-hydrogen) atoms. The summed E-state index contributed by atoms with van der Waals surface area (Å²) in [7, 11) is 0. The van der Waals surface area contributed by atoms with Crippen molar-refractivity contribution in [2.45, 2.75) is 70.9 Å². The summed E-state index contributed by atoms with van der Waals surface area (Å²) < 4.78 is 1.92. The van der Waals surface area contributed by atoms with E-state index >= 15 is 0 Å². The minimum atomic E-state index is -0.115. The maximum atomic E-state index is 12.7. The molecular formula is C21H29N3O. The normalized spacial score (nSPS) is 21.1. The van der Waals surface area contributed by atoms with Crippen LogP contribution in [0, 0.1) is 6.92 Å². The second kappa shape index (κ2) is 7.03. The largest absolute Gasteiger partial charge is 0.349 e. The number of aromatic nitrogens is 2. The van der Waals surface area contributed by atoms with Crippen LogP contribution < -0.4 is 5.32 Å². The average Bonchev–Trinajstić information content (AvgIpc) is 2.98. The third-order valence-electron chi connectivity index (χ3n) is 5.22. The molecule has 1 saturated carbocycles. The highest BCUT2D eigenvalue weighted by atomic mass is 16.1. The lowest BCUT2D eigenvalue weighted by atomic mass is 9.82. The number of hydrogen-bond donors (Lipinski definition) is 1. The van der Waals surface area contributed by atoms with Crippen LogP contribution in [-0.4, -0.2) is 21.7 Å². The first-order chi connectivity index (χ1) is 11.9. The first kappa shape index (κ1) is 17.7. The zero-order chi connectivity index (χ0) is 18.0. The molecule has 1 heterocycles. The first-order valence-electron chi connectivity index (χ1n) is 9.27. The van der Waals surface area contributed by atoms with E-state index in [2.05, 4.69) is 61.5 Å². The highest BCUT2D eigenvalue weighted by molar-refractivity contribution is 5.95. The van der Waals surface area contributed by atoms with Crippen LogP contribution in [0.1, 0.15) is 74.0 Å². The smallest absolute Gasteiger partial charge is 0.254 e. The molecule has 4 heteroatoms. The molecule has 0 radical (unpaired) electrons. The zero-order valence-electron chi connectivity index (χ0n) is 15.7. The Morgan fingerprint density at radius 1 is 1.12 bits per heavy atom. The van der Waals surface area contributed by atoms with E-state index in [1.165, 1.54) is 5.56 Å². The Morgan fingerprint density at radius 3 is 2.32 bits per heavy atom. The molecule has 0 bridgehead atoms. The van der Waals surface area contributed by atoms with Gasteiger partial charge in [-0.1, -0.05) is 30.3 Å². The summed E-state index contributed by atoms with van der Waals surface area (Å²) in [5, 5.41) is 7.63. The number of carbonyl (C=O) groups is 1. The summed E-state index contributed by atoms with van der Waals surface area (Å²) in [5.41, 5.74) is 2.94. The van der Waals surface area contributed by atoms with Gasteiger partial charge in [0.25, 0.3) is 5.91 Å². The van der Waals surface area contributed by atoms with Crippen molar-refractivity contribution in [3.05, 3.63) is 53.3 Å².